The van der Waals surface area contributed by atoms with Crippen LogP contribution < -0.4 is 19.1 Å². The van der Waals surface area contributed by atoms with E-state index in [0.717, 1.165) is 9.87 Å². The number of carbonyl (C=O) groups excluding carboxylic acids is 1. The van der Waals surface area contributed by atoms with E-state index in [0.29, 0.717) is 27.8 Å². The van der Waals surface area contributed by atoms with Gasteiger partial charge in [0.05, 0.1) is 19.0 Å². The maximum Gasteiger partial charge on any atom is 0.266 e. The molecular weight excluding hydrogens is 526 g/mol. The van der Waals surface area contributed by atoms with E-state index in [9.17, 15) is 13.2 Å². The number of halogens is 1. The van der Waals surface area contributed by atoms with Crippen LogP contribution in [-0.4, -0.2) is 33.0 Å². The number of nitrogens with one attached hydrogen (secondary N) is 1. The number of ether oxygens (including phenoxy) is 2. The molecule has 3 aromatic carbocycles. The van der Waals surface area contributed by atoms with Crippen LogP contribution in [0.15, 0.2) is 96.0 Å². The maximum absolute atomic E-state index is 13.8. The lowest BCUT2D eigenvalue weighted by Crippen LogP contribution is -2.41. The first-order valence-corrected chi connectivity index (χ1v) is 13.5. The molecule has 0 bridgehead atoms. The molecule has 0 aliphatic heterocycles. The van der Waals surface area contributed by atoms with Gasteiger partial charge in [-0.1, -0.05) is 48.0 Å². The maximum atomic E-state index is 13.8. The zero-order valence-electron chi connectivity index (χ0n) is 20.8. The zero-order chi connectivity index (χ0) is 27.1. The van der Waals surface area contributed by atoms with Gasteiger partial charge in [0.1, 0.15) is 22.9 Å². The molecule has 0 saturated carbocycles. The smallest absolute Gasteiger partial charge is 0.266 e. The Morgan fingerprint density at radius 2 is 1.68 bits per heavy atom. The number of sulfonamides is 1. The van der Waals surface area contributed by atoms with Gasteiger partial charge in [0.2, 0.25) is 11.8 Å². The third-order valence-electron chi connectivity index (χ3n) is 5.71. The highest BCUT2D eigenvalue weighted by atomic mass is 35.5. The molecule has 4 rings (SSSR count). The predicted molar refractivity (Wildman–Crippen MR) is 146 cm³/mol. The number of methoxy groups -OCH3 is 1. The second kappa shape index (κ2) is 12.0. The van der Waals surface area contributed by atoms with Gasteiger partial charge in [-0.15, -0.1) is 0 Å². The van der Waals surface area contributed by atoms with E-state index in [1.165, 1.54) is 18.3 Å². The van der Waals surface area contributed by atoms with Crippen LogP contribution in [0.1, 0.15) is 11.1 Å². The molecule has 1 amide bonds. The number of rotatable bonds is 10. The topological polar surface area (TPSA) is 97.8 Å². The van der Waals surface area contributed by atoms with E-state index < -0.39 is 22.5 Å². The number of pyridine rings is 1. The summed E-state index contributed by atoms with van der Waals surface area (Å²) in [4.78, 5) is 17.0. The number of anilines is 1. The van der Waals surface area contributed by atoms with Crippen molar-refractivity contribution in [3.05, 3.63) is 107 Å². The van der Waals surface area contributed by atoms with Gasteiger partial charge in [-0.3, -0.25) is 9.10 Å². The summed E-state index contributed by atoms with van der Waals surface area (Å²) in [6.07, 6.45) is 1.20. The highest BCUT2D eigenvalue weighted by molar-refractivity contribution is 7.92. The normalized spacial score (nSPS) is 11.0. The Balaban J connectivity index is 1.57. The van der Waals surface area contributed by atoms with Crippen molar-refractivity contribution in [1.82, 2.24) is 10.3 Å². The summed E-state index contributed by atoms with van der Waals surface area (Å²) in [5.74, 6) is 1.02. The lowest BCUT2D eigenvalue weighted by molar-refractivity contribution is -0.119. The summed E-state index contributed by atoms with van der Waals surface area (Å²) in [6, 6.07) is 24.0. The van der Waals surface area contributed by atoms with Crippen LogP contribution in [0.3, 0.4) is 0 Å². The molecular formula is C28H26ClN3O5S. The van der Waals surface area contributed by atoms with Crippen LogP contribution in [0.4, 0.5) is 5.69 Å². The van der Waals surface area contributed by atoms with Gasteiger partial charge in [0, 0.05) is 17.6 Å². The second-order valence-electron chi connectivity index (χ2n) is 8.27. The first-order valence-electron chi connectivity index (χ1n) is 11.6. The Morgan fingerprint density at radius 1 is 0.947 bits per heavy atom. The minimum atomic E-state index is -4.19. The molecule has 196 valence electrons. The number of hydrogen-bond acceptors (Lipinski definition) is 6. The van der Waals surface area contributed by atoms with Crippen LogP contribution >= 0.6 is 11.6 Å². The first kappa shape index (κ1) is 27.0. The zero-order valence-corrected chi connectivity index (χ0v) is 22.4. The monoisotopic (exact) mass is 551 g/mol. The van der Waals surface area contributed by atoms with E-state index in [1.54, 1.807) is 56.5 Å². The molecule has 1 N–H and O–H groups in total. The largest absolute Gasteiger partial charge is 0.497 e. The molecule has 0 atom stereocenters. The van der Waals surface area contributed by atoms with Gasteiger partial charge in [0.15, 0.2) is 0 Å². The molecule has 8 nitrogen and oxygen atoms in total. The Bertz CT molecular complexity index is 1500. The molecule has 0 unspecified atom stereocenters. The highest BCUT2D eigenvalue weighted by Crippen LogP contribution is 2.31. The number of para-hydroxylation sites is 1. The minimum Gasteiger partial charge on any atom is -0.497 e. The van der Waals surface area contributed by atoms with E-state index >= 15 is 0 Å². The number of amides is 1. The molecule has 0 spiro atoms. The molecule has 0 radical (unpaired) electrons. The molecule has 0 aliphatic carbocycles. The number of hydrogen-bond donors (Lipinski definition) is 1. The molecule has 4 aromatic rings. The quantitative estimate of drug-likeness (QED) is 0.285. The number of nitrogens with zero attached hydrogens (tertiary/aromatic N) is 2. The Hall–Kier alpha value is -4.08. The Labute approximate surface area is 226 Å². The van der Waals surface area contributed by atoms with Gasteiger partial charge < -0.3 is 14.8 Å². The lowest BCUT2D eigenvalue weighted by atomic mass is 10.2. The molecule has 38 heavy (non-hydrogen) atoms. The van der Waals surface area contributed by atoms with E-state index in [4.69, 9.17) is 21.1 Å². The molecule has 0 fully saturated rings. The van der Waals surface area contributed by atoms with Gasteiger partial charge in [0.25, 0.3) is 10.0 Å². The van der Waals surface area contributed by atoms with Crippen LogP contribution in [-0.2, 0) is 21.4 Å². The average Bonchev–Trinajstić information content (AvgIpc) is 2.93. The van der Waals surface area contributed by atoms with Crippen molar-refractivity contribution in [2.24, 2.45) is 0 Å². The molecule has 10 heteroatoms. The Kier molecular flexibility index (Phi) is 8.50. The Morgan fingerprint density at radius 3 is 2.34 bits per heavy atom. The molecule has 1 aromatic heterocycles. The summed E-state index contributed by atoms with van der Waals surface area (Å²) >= 11 is 6.29. The van der Waals surface area contributed by atoms with Crippen molar-refractivity contribution in [1.29, 1.82) is 0 Å². The van der Waals surface area contributed by atoms with Crippen molar-refractivity contribution in [3.8, 4) is 17.4 Å². The van der Waals surface area contributed by atoms with Gasteiger partial charge in [-0.25, -0.2) is 13.4 Å². The highest BCUT2D eigenvalue weighted by Gasteiger charge is 2.29. The summed E-state index contributed by atoms with van der Waals surface area (Å²) < 4.78 is 39.4. The number of aromatic nitrogens is 1. The fourth-order valence-corrected chi connectivity index (χ4v) is 5.21. The minimum absolute atomic E-state index is 0.0970. The van der Waals surface area contributed by atoms with Gasteiger partial charge >= 0.3 is 0 Å². The van der Waals surface area contributed by atoms with E-state index in [1.807, 2.05) is 30.3 Å². The lowest BCUT2D eigenvalue weighted by Gasteiger charge is -2.26. The summed E-state index contributed by atoms with van der Waals surface area (Å²) in [5, 5.41) is 3.16. The SMILES string of the molecule is COc1ccc(CNC(=O)CN(c2cccc(Cl)c2C)S(=O)(=O)c2ccc(Oc3ccccc3)nc2)cc1. The fourth-order valence-electron chi connectivity index (χ4n) is 3.61. The van der Waals surface area contributed by atoms with E-state index in [-0.39, 0.29) is 17.3 Å². The van der Waals surface area contributed by atoms with Crippen molar-refractivity contribution in [2.75, 3.05) is 18.0 Å². The summed E-state index contributed by atoms with van der Waals surface area (Å²) in [7, 11) is -2.62. The second-order valence-corrected chi connectivity index (χ2v) is 10.5. The van der Waals surface area contributed by atoms with Crippen molar-refractivity contribution in [2.45, 2.75) is 18.4 Å². The van der Waals surface area contributed by atoms with Crippen LogP contribution in [0.25, 0.3) is 0 Å². The number of benzene rings is 3. The first-order chi connectivity index (χ1) is 18.3. The molecule has 0 saturated heterocycles. The summed E-state index contributed by atoms with van der Waals surface area (Å²) in [5.41, 5.74) is 1.66. The van der Waals surface area contributed by atoms with E-state index in [2.05, 4.69) is 10.3 Å². The van der Waals surface area contributed by atoms with Crippen molar-refractivity contribution < 1.29 is 22.7 Å². The van der Waals surface area contributed by atoms with Crippen LogP contribution in [0.5, 0.6) is 17.4 Å². The number of carbonyl (C=O) groups is 1. The van der Waals surface area contributed by atoms with Crippen molar-refractivity contribution >= 4 is 33.2 Å². The predicted octanol–water partition coefficient (Wildman–Crippen LogP) is 5.36. The van der Waals surface area contributed by atoms with Crippen molar-refractivity contribution in [3.63, 3.8) is 0 Å². The third-order valence-corrected chi connectivity index (χ3v) is 7.86. The van der Waals surface area contributed by atoms with Gasteiger partial charge in [-0.05, 0) is 60.5 Å². The fraction of sp³-hybridized carbons (Fsp3) is 0.143. The third kappa shape index (κ3) is 6.42. The van der Waals surface area contributed by atoms with Gasteiger partial charge in [-0.2, -0.15) is 0 Å². The van der Waals surface area contributed by atoms with Crippen LogP contribution in [0, 0.1) is 6.92 Å². The standard InChI is InChI=1S/C28H26ClN3O5S/c1-20-25(29)9-6-10-26(20)32(19-27(33)30-17-21-11-13-22(36-2)14-12-21)38(34,35)24-15-16-28(31-18-24)37-23-7-4-3-5-8-23/h3-16,18H,17,19H2,1-2H3,(H,30,33). The van der Waals surface area contributed by atoms with Crippen LogP contribution in [0.2, 0.25) is 5.02 Å². The summed E-state index contributed by atoms with van der Waals surface area (Å²) in [6.45, 7) is 1.46. The molecule has 1 heterocycles. The average molecular weight is 552 g/mol. The molecule has 0 aliphatic rings.